The fourth-order valence-electron chi connectivity index (χ4n) is 2.51. The Labute approximate surface area is 128 Å². The molecular weight excluding hydrogens is 308 g/mol. The van der Waals surface area contributed by atoms with Gasteiger partial charge in [0.2, 0.25) is 0 Å². The van der Waals surface area contributed by atoms with Gasteiger partial charge in [-0.05, 0) is 42.7 Å². The number of sulfone groups is 1. The Hall–Kier alpha value is -1.72. The molecule has 0 aromatic heterocycles. The molecule has 0 unspecified atom stereocenters. The molecule has 0 saturated heterocycles. The SMILES string of the molecule is Nc1cc(S(=O)(=O)[C@@H]2CCc3ccccc3N2)ccc1Cl. The number of hydrogen-bond donors (Lipinski definition) is 2. The second-order valence-corrected chi connectivity index (χ2v) is 7.59. The van der Waals surface area contributed by atoms with Crippen LogP contribution < -0.4 is 11.1 Å². The molecule has 1 heterocycles. The average molecular weight is 323 g/mol. The van der Waals surface area contributed by atoms with E-state index in [2.05, 4.69) is 5.32 Å². The molecule has 21 heavy (non-hydrogen) atoms. The van der Waals surface area contributed by atoms with E-state index in [9.17, 15) is 8.42 Å². The van der Waals surface area contributed by atoms with Crippen molar-refractivity contribution in [3.8, 4) is 0 Å². The molecule has 2 aromatic carbocycles. The summed E-state index contributed by atoms with van der Waals surface area (Å²) in [5.41, 5.74) is 7.99. The minimum Gasteiger partial charge on any atom is -0.397 e. The zero-order chi connectivity index (χ0) is 15.0. The third kappa shape index (κ3) is 2.59. The standard InChI is InChI=1S/C15H15ClN2O2S/c16-12-7-6-11(9-13(12)17)21(19,20)15-8-5-10-3-1-2-4-14(10)18-15/h1-4,6-7,9,15,18H,5,8,17H2/t15-/m1/s1. The second-order valence-electron chi connectivity index (χ2n) is 5.06. The van der Waals surface area contributed by atoms with Gasteiger partial charge in [0.25, 0.3) is 0 Å². The first kappa shape index (κ1) is 14.2. The van der Waals surface area contributed by atoms with Crippen LogP contribution in [0.25, 0.3) is 0 Å². The predicted molar refractivity (Wildman–Crippen MR) is 85.2 cm³/mol. The van der Waals surface area contributed by atoms with Crippen LogP contribution in [0.5, 0.6) is 0 Å². The lowest BCUT2D eigenvalue weighted by molar-refractivity contribution is 0.576. The van der Waals surface area contributed by atoms with E-state index in [4.69, 9.17) is 17.3 Å². The summed E-state index contributed by atoms with van der Waals surface area (Å²) in [5, 5.41) is 2.82. The van der Waals surface area contributed by atoms with Crippen molar-refractivity contribution in [3.05, 3.63) is 53.1 Å². The van der Waals surface area contributed by atoms with Crippen LogP contribution in [0.15, 0.2) is 47.4 Å². The molecule has 0 aliphatic carbocycles. The fourth-order valence-corrected chi connectivity index (χ4v) is 4.21. The molecule has 0 bridgehead atoms. The number of anilines is 2. The van der Waals surface area contributed by atoms with Crippen molar-refractivity contribution in [2.75, 3.05) is 11.1 Å². The van der Waals surface area contributed by atoms with Crippen molar-refractivity contribution in [1.29, 1.82) is 0 Å². The van der Waals surface area contributed by atoms with E-state index in [1.807, 2.05) is 24.3 Å². The van der Waals surface area contributed by atoms with Gasteiger partial charge in [-0.25, -0.2) is 8.42 Å². The maximum absolute atomic E-state index is 12.7. The number of halogens is 1. The summed E-state index contributed by atoms with van der Waals surface area (Å²) >= 11 is 5.85. The molecule has 2 aromatic rings. The van der Waals surface area contributed by atoms with Gasteiger partial charge in [0, 0.05) is 5.69 Å². The Morgan fingerprint density at radius 3 is 2.71 bits per heavy atom. The predicted octanol–water partition coefficient (Wildman–Crippen LogP) is 3.08. The van der Waals surface area contributed by atoms with Crippen molar-refractivity contribution >= 4 is 32.8 Å². The van der Waals surface area contributed by atoms with Crippen molar-refractivity contribution in [2.24, 2.45) is 0 Å². The molecule has 3 rings (SSSR count). The van der Waals surface area contributed by atoms with Crippen LogP contribution in [-0.2, 0) is 16.3 Å². The van der Waals surface area contributed by atoms with Gasteiger partial charge >= 0.3 is 0 Å². The molecule has 0 saturated carbocycles. The van der Waals surface area contributed by atoms with E-state index in [-0.39, 0.29) is 10.6 Å². The fraction of sp³-hybridized carbons (Fsp3) is 0.200. The van der Waals surface area contributed by atoms with Crippen LogP contribution in [0.3, 0.4) is 0 Å². The molecule has 6 heteroatoms. The van der Waals surface area contributed by atoms with Gasteiger partial charge in [0.1, 0.15) is 5.37 Å². The van der Waals surface area contributed by atoms with E-state index in [0.29, 0.717) is 11.4 Å². The average Bonchev–Trinajstić information content (AvgIpc) is 2.49. The second kappa shape index (κ2) is 5.24. The summed E-state index contributed by atoms with van der Waals surface area (Å²) in [6, 6.07) is 12.2. The number of aryl methyl sites for hydroxylation is 1. The van der Waals surface area contributed by atoms with Gasteiger partial charge in [0.05, 0.1) is 15.6 Å². The zero-order valence-electron chi connectivity index (χ0n) is 11.2. The Balaban J connectivity index is 1.95. The van der Waals surface area contributed by atoms with Crippen molar-refractivity contribution in [1.82, 2.24) is 0 Å². The molecule has 0 radical (unpaired) electrons. The van der Waals surface area contributed by atoms with Gasteiger partial charge in [-0.15, -0.1) is 0 Å². The Bertz CT molecular complexity index is 790. The van der Waals surface area contributed by atoms with Crippen molar-refractivity contribution < 1.29 is 8.42 Å². The Kier molecular flexibility index (Phi) is 3.55. The molecule has 1 aliphatic rings. The molecule has 4 nitrogen and oxygen atoms in total. The summed E-state index contributed by atoms with van der Waals surface area (Å²) in [4.78, 5) is 0.196. The lowest BCUT2D eigenvalue weighted by Gasteiger charge is -2.27. The Morgan fingerprint density at radius 1 is 1.19 bits per heavy atom. The molecule has 1 aliphatic heterocycles. The molecule has 0 fully saturated rings. The van der Waals surface area contributed by atoms with Crippen LogP contribution in [-0.4, -0.2) is 13.8 Å². The van der Waals surface area contributed by atoms with Gasteiger partial charge in [-0.2, -0.15) is 0 Å². The largest absolute Gasteiger partial charge is 0.397 e. The molecule has 1 atom stereocenters. The monoisotopic (exact) mass is 322 g/mol. The molecule has 0 amide bonds. The van der Waals surface area contributed by atoms with E-state index in [1.54, 1.807) is 0 Å². The third-order valence-corrected chi connectivity index (χ3v) is 6.04. The minimum atomic E-state index is -3.49. The van der Waals surface area contributed by atoms with Crippen LogP contribution in [0.1, 0.15) is 12.0 Å². The number of fused-ring (bicyclic) bond motifs is 1. The summed E-state index contributed by atoms with van der Waals surface area (Å²) in [6.07, 6.45) is 1.26. The van der Waals surface area contributed by atoms with Crippen molar-refractivity contribution in [2.45, 2.75) is 23.1 Å². The van der Waals surface area contributed by atoms with Crippen LogP contribution in [0.4, 0.5) is 11.4 Å². The first-order valence-electron chi connectivity index (χ1n) is 6.62. The van der Waals surface area contributed by atoms with E-state index < -0.39 is 15.2 Å². The minimum absolute atomic E-state index is 0.196. The molecule has 3 N–H and O–H groups in total. The molecular formula is C15H15ClN2O2S. The highest BCUT2D eigenvalue weighted by Gasteiger charge is 2.30. The topological polar surface area (TPSA) is 72.2 Å². The summed E-state index contributed by atoms with van der Waals surface area (Å²) in [5.74, 6) is 0. The Morgan fingerprint density at radius 2 is 1.95 bits per heavy atom. The number of benzene rings is 2. The molecule has 0 spiro atoms. The number of para-hydroxylation sites is 1. The van der Waals surface area contributed by atoms with Crippen LogP contribution in [0.2, 0.25) is 5.02 Å². The van der Waals surface area contributed by atoms with Gasteiger partial charge in [0.15, 0.2) is 9.84 Å². The van der Waals surface area contributed by atoms with E-state index in [0.717, 1.165) is 17.7 Å². The van der Waals surface area contributed by atoms with E-state index >= 15 is 0 Å². The maximum atomic E-state index is 12.7. The van der Waals surface area contributed by atoms with Gasteiger partial charge in [-0.3, -0.25) is 0 Å². The molecule has 110 valence electrons. The highest BCUT2D eigenvalue weighted by Crippen LogP contribution is 2.31. The maximum Gasteiger partial charge on any atom is 0.199 e. The number of nitrogens with one attached hydrogen (secondary N) is 1. The zero-order valence-corrected chi connectivity index (χ0v) is 12.8. The number of rotatable bonds is 2. The highest BCUT2D eigenvalue weighted by molar-refractivity contribution is 7.92. The first-order valence-corrected chi connectivity index (χ1v) is 8.54. The number of nitrogens with two attached hydrogens (primary N) is 1. The summed E-state index contributed by atoms with van der Waals surface area (Å²) in [7, 11) is -3.49. The van der Waals surface area contributed by atoms with Crippen molar-refractivity contribution in [3.63, 3.8) is 0 Å². The lowest BCUT2D eigenvalue weighted by Crippen LogP contribution is -2.33. The quantitative estimate of drug-likeness (QED) is 0.833. The van der Waals surface area contributed by atoms with E-state index in [1.165, 1.54) is 18.2 Å². The number of hydrogen-bond acceptors (Lipinski definition) is 4. The van der Waals surface area contributed by atoms with Crippen LogP contribution >= 0.6 is 11.6 Å². The highest BCUT2D eigenvalue weighted by atomic mass is 35.5. The lowest BCUT2D eigenvalue weighted by atomic mass is 10.0. The van der Waals surface area contributed by atoms with Crippen LogP contribution in [0, 0.1) is 0 Å². The van der Waals surface area contributed by atoms with Gasteiger partial charge < -0.3 is 11.1 Å². The number of nitrogen functional groups attached to an aromatic ring is 1. The normalized spacial score (nSPS) is 17.9. The smallest absolute Gasteiger partial charge is 0.199 e. The summed E-state index contributed by atoms with van der Waals surface area (Å²) in [6.45, 7) is 0. The first-order chi connectivity index (χ1) is 9.98. The summed E-state index contributed by atoms with van der Waals surface area (Å²) < 4.78 is 25.4. The van der Waals surface area contributed by atoms with Gasteiger partial charge in [-0.1, -0.05) is 29.8 Å². The third-order valence-electron chi connectivity index (χ3n) is 3.68.